The number of carbonyl (C=O) groups excluding carboxylic acids is 1. The van der Waals surface area contributed by atoms with Gasteiger partial charge in [-0.25, -0.2) is 4.79 Å². The summed E-state index contributed by atoms with van der Waals surface area (Å²) in [5.41, 5.74) is -2.03. The largest absolute Gasteiger partial charge is 0.451 e. The predicted octanol–water partition coefficient (Wildman–Crippen LogP) is 2.90. The van der Waals surface area contributed by atoms with Gasteiger partial charge in [-0.1, -0.05) is 53.3 Å². The number of fused-ring (bicyclic) bond motifs is 1. The van der Waals surface area contributed by atoms with E-state index in [9.17, 15) is 25.2 Å². The second kappa shape index (κ2) is 8.39. The number of aliphatic hydroxyl groups excluding tert-OH is 3. The van der Waals surface area contributed by atoms with Gasteiger partial charge in [0.25, 0.3) is 0 Å². The first-order valence-electron chi connectivity index (χ1n) is 11.8. The highest BCUT2D eigenvalue weighted by atomic mass is 16.6. The van der Waals surface area contributed by atoms with Crippen LogP contribution in [-0.4, -0.2) is 56.9 Å². The average molecular weight is 449 g/mol. The number of hydrogen-bond acceptors (Lipinski definition) is 6. The minimum Gasteiger partial charge on any atom is -0.451 e. The van der Waals surface area contributed by atoms with Crippen LogP contribution in [0.25, 0.3) is 0 Å². The highest BCUT2D eigenvalue weighted by molar-refractivity contribution is 5.88. The maximum absolute atomic E-state index is 12.6. The number of aliphatic hydroxyl groups is 4. The summed E-state index contributed by atoms with van der Waals surface area (Å²) in [6.07, 6.45) is 1.04. The molecule has 0 saturated heterocycles. The molecule has 0 radical (unpaired) electrons. The minimum atomic E-state index is -2.02. The van der Waals surface area contributed by atoms with Crippen molar-refractivity contribution in [1.29, 1.82) is 0 Å². The van der Waals surface area contributed by atoms with Crippen molar-refractivity contribution in [3.05, 3.63) is 35.5 Å². The van der Waals surface area contributed by atoms with Crippen molar-refractivity contribution >= 4 is 5.97 Å². The zero-order valence-electron chi connectivity index (χ0n) is 20.3. The second-order valence-electron chi connectivity index (χ2n) is 10.8. The highest BCUT2D eigenvalue weighted by Gasteiger charge is 2.70. The van der Waals surface area contributed by atoms with Gasteiger partial charge < -0.3 is 25.2 Å². The molecular weight excluding hydrogens is 408 g/mol. The number of ether oxygens (including phenoxy) is 1. The van der Waals surface area contributed by atoms with Crippen LogP contribution in [0.5, 0.6) is 0 Å². The molecule has 3 aliphatic rings. The van der Waals surface area contributed by atoms with Crippen LogP contribution in [0.1, 0.15) is 60.8 Å². The molecule has 8 atom stereocenters. The molecule has 180 valence electrons. The van der Waals surface area contributed by atoms with Crippen molar-refractivity contribution in [1.82, 2.24) is 0 Å². The highest BCUT2D eigenvalue weighted by Crippen LogP contribution is 2.65. The molecule has 8 unspecified atom stereocenters. The molecule has 0 aromatic carbocycles. The lowest BCUT2D eigenvalue weighted by Gasteiger charge is -2.51. The summed E-state index contributed by atoms with van der Waals surface area (Å²) in [6.45, 7) is 15.5. The van der Waals surface area contributed by atoms with E-state index in [1.165, 1.54) is 0 Å². The van der Waals surface area contributed by atoms with Crippen molar-refractivity contribution in [2.24, 2.45) is 28.6 Å². The molecule has 1 fully saturated rings. The Balaban J connectivity index is 2.10. The molecule has 0 amide bonds. The van der Waals surface area contributed by atoms with Crippen molar-refractivity contribution in [2.45, 2.75) is 84.7 Å². The molecule has 3 rings (SSSR count). The Morgan fingerprint density at radius 1 is 1.34 bits per heavy atom. The van der Waals surface area contributed by atoms with Crippen LogP contribution in [-0.2, 0) is 9.53 Å². The fraction of sp³-hybridized carbons (Fsp3) is 0.731. The van der Waals surface area contributed by atoms with Gasteiger partial charge in [0.2, 0.25) is 0 Å². The zero-order valence-corrected chi connectivity index (χ0v) is 20.3. The van der Waals surface area contributed by atoms with Gasteiger partial charge in [-0.15, -0.1) is 0 Å². The van der Waals surface area contributed by atoms with E-state index >= 15 is 0 Å². The summed E-state index contributed by atoms with van der Waals surface area (Å²) in [7, 11) is 0. The smallest absolute Gasteiger partial charge is 0.334 e. The van der Waals surface area contributed by atoms with Gasteiger partial charge in [0, 0.05) is 5.57 Å². The number of rotatable bonds is 7. The summed E-state index contributed by atoms with van der Waals surface area (Å²) in [4.78, 5) is 12.6. The van der Waals surface area contributed by atoms with E-state index in [1.54, 1.807) is 19.9 Å². The second-order valence-corrected chi connectivity index (χ2v) is 10.8. The Hall–Kier alpha value is -1.47. The lowest BCUT2D eigenvalue weighted by atomic mass is 9.59. The summed E-state index contributed by atoms with van der Waals surface area (Å²) < 4.78 is 5.74. The van der Waals surface area contributed by atoms with Gasteiger partial charge in [-0.05, 0) is 60.5 Å². The number of carbonyl (C=O) groups is 1. The van der Waals surface area contributed by atoms with Crippen LogP contribution < -0.4 is 0 Å². The molecule has 32 heavy (non-hydrogen) atoms. The summed E-state index contributed by atoms with van der Waals surface area (Å²) >= 11 is 0. The van der Waals surface area contributed by atoms with Gasteiger partial charge in [-0.2, -0.15) is 0 Å². The van der Waals surface area contributed by atoms with Crippen LogP contribution in [0, 0.1) is 28.6 Å². The van der Waals surface area contributed by atoms with Gasteiger partial charge in [0.1, 0.15) is 11.7 Å². The molecule has 0 aromatic rings. The Labute approximate surface area is 191 Å². The van der Waals surface area contributed by atoms with Gasteiger partial charge in [0.05, 0.1) is 18.1 Å². The molecule has 6 heteroatoms. The van der Waals surface area contributed by atoms with E-state index in [0.717, 1.165) is 6.42 Å². The lowest BCUT2D eigenvalue weighted by molar-refractivity contribution is -0.220. The van der Waals surface area contributed by atoms with Gasteiger partial charge >= 0.3 is 5.97 Å². The third-order valence-corrected chi connectivity index (χ3v) is 9.07. The van der Waals surface area contributed by atoms with Crippen LogP contribution in [0.2, 0.25) is 0 Å². The fourth-order valence-electron chi connectivity index (χ4n) is 6.37. The molecular formula is C26H40O6. The summed E-state index contributed by atoms with van der Waals surface area (Å²) in [5, 5.41) is 45.0. The maximum atomic E-state index is 12.6. The van der Waals surface area contributed by atoms with Crippen LogP contribution >= 0.6 is 0 Å². The van der Waals surface area contributed by atoms with Crippen molar-refractivity contribution in [2.75, 3.05) is 6.61 Å². The predicted molar refractivity (Wildman–Crippen MR) is 122 cm³/mol. The summed E-state index contributed by atoms with van der Waals surface area (Å²) in [6, 6.07) is 0. The fourth-order valence-corrected chi connectivity index (χ4v) is 6.37. The summed E-state index contributed by atoms with van der Waals surface area (Å²) in [5.74, 6) is 0.0796. The van der Waals surface area contributed by atoms with Gasteiger partial charge in [0.15, 0.2) is 6.10 Å². The van der Waals surface area contributed by atoms with E-state index in [2.05, 4.69) is 27.4 Å². The third kappa shape index (κ3) is 3.42. The average Bonchev–Trinajstić information content (AvgIpc) is 3.13. The molecule has 1 saturated carbocycles. The first-order valence-corrected chi connectivity index (χ1v) is 11.8. The van der Waals surface area contributed by atoms with Crippen molar-refractivity contribution in [3.8, 4) is 0 Å². The molecule has 4 N–H and O–H groups in total. The Kier molecular flexibility index (Phi) is 6.59. The third-order valence-electron chi connectivity index (χ3n) is 9.07. The molecule has 0 bridgehead atoms. The Morgan fingerprint density at radius 3 is 2.44 bits per heavy atom. The Morgan fingerprint density at radius 2 is 1.94 bits per heavy atom. The lowest BCUT2D eigenvalue weighted by Crippen LogP contribution is -2.66. The quantitative estimate of drug-likeness (QED) is 0.271. The van der Waals surface area contributed by atoms with Crippen molar-refractivity contribution < 1.29 is 30.0 Å². The number of hydrogen-bond donors (Lipinski definition) is 4. The molecule has 0 aliphatic heterocycles. The standard InChI is InChI=1S/C26H40O6/c1-8-14(2)23(30)32-22-15(3)12-25(16(4)11-19-17(5)24(19,6)7)20(28)10-9-18(13-27)21(29)26(22,25)31/h9,12,16-17,19-22,27-29,31H,2,8,10-11,13H2,1,3-7H3. The molecule has 0 spiro atoms. The normalized spacial score (nSPS) is 41.1. The minimum absolute atomic E-state index is 0.175. The van der Waals surface area contributed by atoms with Crippen LogP contribution in [0.3, 0.4) is 0 Å². The first-order chi connectivity index (χ1) is 14.8. The monoisotopic (exact) mass is 448 g/mol. The zero-order chi connectivity index (χ0) is 24.2. The topological polar surface area (TPSA) is 107 Å². The van der Waals surface area contributed by atoms with E-state index in [-0.39, 0.29) is 28.9 Å². The first kappa shape index (κ1) is 25.2. The maximum Gasteiger partial charge on any atom is 0.334 e. The molecule has 3 aliphatic carbocycles. The molecule has 0 aromatic heterocycles. The van der Waals surface area contributed by atoms with E-state index in [1.807, 2.05) is 13.0 Å². The van der Waals surface area contributed by atoms with E-state index in [0.29, 0.717) is 23.8 Å². The molecule has 0 heterocycles. The van der Waals surface area contributed by atoms with Crippen molar-refractivity contribution in [3.63, 3.8) is 0 Å². The molecule has 6 nitrogen and oxygen atoms in total. The van der Waals surface area contributed by atoms with Crippen LogP contribution in [0.15, 0.2) is 35.5 Å². The van der Waals surface area contributed by atoms with E-state index < -0.39 is 41.9 Å². The van der Waals surface area contributed by atoms with E-state index in [4.69, 9.17) is 4.74 Å². The van der Waals surface area contributed by atoms with Gasteiger partial charge in [-0.3, -0.25) is 0 Å². The Bertz CT molecular complexity index is 841. The van der Waals surface area contributed by atoms with Crippen LogP contribution in [0.4, 0.5) is 0 Å². The SMILES string of the molecule is C=C(CC)C(=O)OC1C(C)=CC2(C(C)CC3C(C)C3(C)C)C(O)CC=C(CO)C(O)C12O. The number of esters is 1.